The molecule has 6 rings (SSSR count). The zero-order valence-corrected chi connectivity index (χ0v) is 19.1. The minimum atomic E-state index is -1.16. The van der Waals surface area contributed by atoms with Crippen molar-refractivity contribution in [2.75, 3.05) is 19.6 Å². The van der Waals surface area contributed by atoms with Gasteiger partial charge in [0.15, 0.2) is 12.3 Å². The van der Waals surface area contributed by atoms with Crippen molar-refractivity contribution in [3.63, 3.8) is 0 Å². The fourth-order valence-electron chi connectivity index (χ4n) is 4.74. The summed E-state index contributed by atoms with van der Waals surface area (Å²) in [5.41, 5.74) is 1.56. The third-order valence-electron chi connectivity index (χ3n) is 6.57. The molecule has 2 atom stereocenters. The van der Waals surface area contributed by atoms with Gasteiger partial charge in [-0.2, -0.15) is 0 Å². The molecule has 3 saturated heterocycles. The number of aromatic carboxylic acids is 1. The third kappa shape index (κ3) is 5.46. The topological polar surface area (TPSA) is 114 Å². The Morgan fingerprint density at radius 3 is 2.57 bits per heavy atom. The van der Waals surface area contributed by atoms with Gasteiger partial charge in [-0.3, -0.25) is 4.90 Å². The number of hydrogen-bond acceptors (Lipinski definition) is 7. The molecule has 0 aliphatic carbocycles. The average molecular weight is 478 g/mol. The lowest BCUT2D eigenvalue weighted by atomic mass is 9.86. The molecule has 2 aromatic carbocycles. The predicted molar refractivity (Wildman–Crippen MR) is 125 cm³/mol. The summed E-state index contributed by atoms with van der Waals surface area (Å²) in [6.45, 7) is 2.93. The van der Waals surface area contributed by atoms with Gasteiger partial charge in [0.25, 0.3) is 0 Å². The van der Waals surface area contributed by atoms with Crippen molar-refractivity contribution in [1.29, 1.82) is 0 Å². The maximum Gasteiger partial charge on any atom is 0.408 e. The largest absolute Gasteiger partial charge is 0.484 e. The van der Waals surface area contributed by atoms with Crippen LogP contribution in [0.4, 0.5) is 4.79 Å². The highest BCUT2D eigenvalue weighted by Gasteiger charge is 2.36. The maximum absolute atomic E-state index is 12.9. The van der Waals surface area contributed by atoms with Crippen LogP contribution in [0.5, 0.6) is 5.75 Å². The molecular formula is C26H27N3O6. The van der Waals surface area contributed by atoms with Gasteiger partial charge in [0, 0.05) is 6.54 Å². The van der Waals surface area contributed by atoms with Crippen LogP contribution in [-0.2, 0) is 11.3 Å². The normalized spacial score (nSPS) is 21.8. The Morgan fingerprint density at radius 2 is 1.89 bits per heavy atom. The second kappa shape index (κ2) is 10.2. The lowest BCUT2D eigenvalue weighted by Crippen LogP contribution is -2.52. The molecule has 9 nitrogen and oxygen atoms in total. The number of fused-ring (bicyclic) bond motifs is 3. The monoisotopic (exact) mass is 477 g/mol. The van der Waals surface area contributed by atoms with Crippen LogP contribution in [-0.4, -0.2) is 52.8 Å². The number of piperidine rings is 3. The number of carbonyl (C=O) groups excluding carboxylic acids is 1. The van der Waals surface area contributed by atoms with E-state index in [9.17, 15) is 9.59 Å². The van der Waals surface area contributed by atoms with Crippen molar-refractivity contribution in [2.24, 2.45) is 5.92 Å². The molecule has 1 aromatic heterocycles. The molecule has 3 aromatic rings. The number of carbonyl (C=O) groups is 2. The summed E-state index contributed by atoms with van der Waals surface area (Å²) >= 11 is 0. The van der Waals surface area contributed by atoms with Gasteiger partial charge in [-0.1, -0.05) is 42.5 Å². The Kier molecular flexibility index (Phi) is 6.67. The number of benzene rings is 2. The van der Waals surface area contributed by atoms with E-state index >= 15 is 0 Å². The number of carboxylic acids is 1. The first-order valence-electron chi connectivity index (χ1n) is 11.7. The van der Waals surface area contributed by atoms with Crippen molar-refractivity contribution in [1.82, 2.24) is 15.2 Å². The highest BCUT2D eigenvalue weighted by molar-refractivity contribution is 5.84. The number of rotatable bonds is 8. The summed E-state index contributed by atoms with van der Waals surface area (Å²) in [5, 5.41) is 12.0. The van der Waals surface area contributed by atoms with Crippen LogP contribution >= 0.6 is 0 Å². The van der Waals surface area contributed by atoms with Crippen molar-refractivity contribution in [2.45, 2.75) is 31.6 Å². The van der Waals surface area contributed by atoms with E-state index in [0.29, 0.717) is 11.7 Å². The lowest BCUT2D eigenvalue weighted by molar-refractivity contribution is -0.0336. The molecule has 3 aliphatic heterocycles. The first-order chi connectivity index (χ1) is 17.0. The molecule has 2 bridgehead atoms. The summed E-state index contributed by atoms with van der Waals surface area (Å²) < 4.78 is 16.8. The minimum Gasteiger partial charge on any atom is -0.484 e. The van der Waals surface area contributed by atoms with Gasteiger partial charge in [-0.05, 0) is 55.1 Å². The van der Waals surface area contributed by atoms with Gasteiger partial charge in [0.2, 0.25) is 5.89 Å². The molecule has 9 heteroatoms. The highest BCUT2D eigenvalue weighted by atomic mass is 16.6. The molecule has 2 N–H and O–H groups in total. The van der Waals surface area contributed by atoms with Gasteiger partial charge in [-0.25, -0.2) is 14.6 Å². The smallest absolute Gasteiger partial charge is 0.408 e. The Hall–Kier alpha value is -3.85. The first-order valence-corrected chi connectivity index (χ1v) is 11.7. The number of nitrogens with one attached hydrogen (secondary N) is 1. The van der Waals surface area contributed by atoms with Crippen LogP contribution in [0.1, 0.15) is 46.4 Å². The molecular weight excluding hydrogens is 450 g/mol. The van der Waals surface area contributed by atoms with Crippen molar-refractivity contribution >= 4 is 12.1 Å². The lowest BCUT2D eigenvalue weighted by Gasteiger charge is -2.43. The van der Waals surface area contributed by atoms with E-state index in [-0.39, 0.29) is 24.3 Å². The molecule has 4 heterocycles. The molecule has 0 unspecified atom stereocenters. The zero-order valence-electron chi connectivity index (χ0n) is 19.1. The molecule has 0 saturated carbocycles. The number of aromatic nitrogens is 1. The second-order valence-corrected chi connectivity index (χ2v) is 8.86. The summed E-state index contributed by atoms with van der Waals surface area (Å²) in [7, 11) is 0. The Bertz CT molecular complexity index is 1170. The average Bonchev–Trinajstić information content (AvgIpc) is 3.37. The fourth-order valence-corrected chi connectivity index (χ4v) is 4.74. The molecule has 3 fully saturated rings. The number of alkyl carbamates (subject to hydrolysis) is 1. The van der Waals surface area contributed by atoms with E-state index in [1.54, 1.807) is 6.07 Å². The van der Waals surface area contributed by atoms with Crippen LogP contribution in [0.2, 0.25) is 0 Å². The van der Waals surface area contributed by atoms with Gasteiger partial charge < -0.3 is 24.3 Å². The Morgan fingerprint density at radius 1 is 1.11 bits per heavy atom. The van der Waals surface area contributed by atoms with E-state index in [1.165, 1.54) is 0 Å². The van der Waals surface area contributed by atoms with Gasteiger partial charge in [0.1, 0.15) is 18.1 Å². The summed E-state index contributed by atoms with van der Waals surface area (Å²) in [4.78, 5) is 30.2. The van der Waals surface area contributed by atoms with Gasteiger partial charge in [0.05, 0.1) is 6.04 Å². The summed E-state index contributed by atoms with van der Waals surface area (Å²) in [5.74, 6) is -0.0453. The highest BCUT2D eigenvalue weighted by Crippen LogP contribution is 2.30. The van der Waals surface area contributed by atoms with Crippen LogP contribution in [0.15, 0.2) is 65.3 Å². The second-order valence-electron chi connectivity index (χ2n) is 8.86. The van der Waals surface area contributed by atoms with Crippen LogP contribution in [0, 0.1) is 5.92 Å². The van der Waals surface area contributed by atoms with Crippen molar-refractivity contribution in [3.8, 4) is 5.75 Å². The zero-order chi connectivity index (χ0) is 24.2. The Labute approximate surface area is 202 Å². The Balaban J connectivity index is 1.29. The van der Waals surface area contributed by atoms with E-state index in [2.05, 4.69) is 15.2 Å². The van der Waals surface area contributed by atoms with Gasteiger partial charge in [-0.15, -0.1) is 0 Å². The number of nitrogens with zero attached hydrogens (tertiary/aromatic N) is 2. The SMILES string of the molecule is O=C(N[C@@H](c1ccccc1)c1cccc(OCc2nc(C(=O)O)co2)c1)O[C@H]1CN2CCC1CC2. The van der Waals surface area contributed by atoms with E-state index < -0.39 is 18.1 Å². The minimum absolute atomic E-state index is 0.0260. The predicted octanol–water partition coefficient (Wildman–Crippen LogP) is 3.86. The fraction of sp³-hybridized carbons (Fsp3) is 0.346. The van der Waals surface area contributed by atoms with Gasteiger partial charge >= 0.3 is 12.1 Å². The molecule has 3 aliphatic rings. The summed E-state index contributed by atoms with van der Waals surface area (Å²) in [6, 6.07) is 16.6. The van der Waals surface area contributed by atoms with Crippen molar-refractivity contribution in [3.05, 3.63) is 83.6 Å². The van der Waals surface area contributed by atoms with Crippen LogP contribution < -0.4 is 10.1 Å². The number of carboxylic acid groups (broad SMARTS) is 1. The molecule has 0 spiro atoms. The molecule has 1 amide bonds. The number of oxazole rings is 1. The number of hydrogen-bond donors (Lipinski definition) is 2. The van der Waals surface area contributed by atoms with E-state index in [1.807, 2.05) is 48.5 Å². The third-order valence-corrected chi connectivity index (χ3v) is 6.57. The van der Waals surface area contributed by atoms with E-state index in [4.69, 9.17) is 19.0 Å². The van der Waals surface area contributed by atoms with E-state index in [0.717, 1.165) is 49.9 Å². The molecule has 182 valence electrons. The molecule has 0 radical (unpaired) electrons. The van der Waals surface area contributed by atoms with Crippen LogP contribution in [0.3, 0.4) is 0 Å². The van der Waals surface area contributed by atoms with Crippen molar-refractivity contribution < 1.29 is 28.6 Å². The summed E-state index contributed by atoms with van der Waals surface area (Å²) in [6.07, 6.45) is 2.69. The number of amides is 1. The molecule has 35 heavy (non-hydrogen) atoms. The maximum atomic E-state index is 12.9. The number of ether oxygens (including phenoxy) is 2. The standard InChI is InChI=1S/C26H27N3O6/c30-25(31)21-15-34-23(27-21)16-33-20-8-4-7-19(13-20)24(18-5-2-1-3-6-18)28-26(32)35-22-14-29-11-9-17(22)10-12-29/h1-8,13,15,17,22,24H,9-12,14,16H2,(H,28,32)(H,30,31)/t22-,24-/m0/s1. The quantitative estimate of drug-likeness (QED) is 0.503. The first kappa shape index (κ1) is 22.9. The van der Waals surface area contributed by atoms with Crippen LogP contribution in [0.25, 0.3) is 0 Å².